The monoisotopic (exact) mass is 490 g/mol. The second-order valence-electron chi connectivity index (χ2n) is 6.27. The van der Waals surface area contributed by atoms with Gasteiger partial charge in [-0.05, 0) is 12.1 Å². The molecule has 2 N–H and O–H groups in total. The van der Waals surface area contributed by atoms with Crippen LogP contribution in [0.25, 0.3) is 0 Å². The van der Waals surface area contributed by atoms with Gasteiger partial charge in [0.05, 0.1) is 12.5 Å². The van der Waals surface area contributed by atoms with Gasteiger partial charge in [0.2, 0.25) is 17.5 Å². The lowest BCUT2D eigenvalue weighted by atomic mass is 10.1. The fourth-order valence-electron chi connectivity index (χ4n) is 2.34. The molecule has 2 rings (SSSR count). The quantitative estimate of drug-likeness (QED) is 0.303. The zero-order chi connectivity index (χ0) is 25.0. The van der Waals surface area contributed by atoms with Crippen LogP contribution in [-0.2, 0) is 9.59 Å². The van der Waals surface area contributed by atoms with Crippen LogP contribution in [0, 0.1) is 29.2 Å². The van der Waals surface area contributed by atoms with Gasteiger partial charge in [0.15, 0.2) is 23.2 Å². The minimum atomic E-state index is -1.79. The van der Waals surface area contributed by atoms with Gasteiger partial charge in [0.1, 0.15) is 6.61 Å². The van der Waals surface area contributed by atoms with Crippen LogP contribution in [0.3, 0.4) is 0 Å². The predicted octanol–water partition coefficient (Wildman–Crippen LogP) is 3.62. The largest absolute Gasteiger partial charge is 0.479 e. The summed E-state index contributed by atoms with van der Waals surface area (Å²) in [6.45, 7) is 2.35. The molecule has 0 aliphatic heterocycles. The summed E-state index contributed by atoms with van der Waals surface area (Å²) in [6.07, 6.45) is 0. The highest BCUT2D eigenvalue weighted by atomic mass is 35.5. The molecule has 0 spiro atoms. The molecule has 0 heterocycles. The summed E-state index contributed by atoms with van der Waals surface area (Å²) < 4.78 is 57.7. The van der Waals surface area contributed by atoms with Crippen molar-refractivity contribution in [2.45, 2.75) is 13.8 Å². The van der Waals surface area contributed by atoms with Crippen molar-refractivity contribution in [2.75, 3.05) is 25.6 Å². The van der Waals surface area contributed by atoms with E-state index in [9.17, 15) is 31.9 Å². The Hall–Kier alpha value is -3.14. The van der Waals surface area contributed by atoms with Crippen LogP contribution in [-0.4, -0.2) is 43.2 Å². The van der Waals surface area contributed by atoms with E-state index in [2.05, 4.69) is 15.4 Å². The summed E-state index contributed by atoms with van der Waals surface area (Å²) in [5.41, 5.74) is 0.386. The Labute approximate surface area is 193 Å². The summed E-state index contributed by atoms with van der Waals surface area (Å²) in [5, 5.41) is 4.79. The fraction of sp³-hybridized carbons (Fsp3) is 0.318. The molecule has 0 radical (unpaired) electrons. The molecule has 180 valence electrons. The molecule has 0 aromatic heterocycles. The van der Waals surface area contributed by atoms with Crippen LogP contribution >= 0.6 is 11.6 Å². The van der Waals surface area contributed by atoms with Gasteiger partial charge >= 0.3 is 0 Å². The highest BCUT2D eigenvalue weighted by Crippen LogP contribution is 2.26. The Morgan fingerprint density at radius 1 is 0.970 bits per heavy atom. The molecule has 0 bridgehead atoms. The van der Waals surface area contributed by atoms with Crippen molar-refractivity contribution >= 4 is 29.2 Å². The van der Waals surface area contributed by atoms with E-state index in [0.29, 0.717) is 5.56 Å². The molecular formula is C22H23ClF4N2O4. The zero-order valence-corrected chi connectivity index (χ0v) is 18.6. The minimum Gasteiger partial charge on any atom is -0.479 e. The first-order valence-corrected chi connectivity index (χ1v) is 10.4. The van der Waals surface area contributed by atoms with Gasteiger partial charge in [-0.25, -0.2) is 8.78 Å². The lowest BCUT2D eigenvalue weighted by molar-refractivity contribution is -0.128. The SMILES string of the molecule is CC.O=C(CNC(=O)C(CCl)CNC(=O)c1ccccc1)COc1c(F)c(F)cc(F)c1F. The number of carbonyl (C=O) groups excluding carboxylic acids is 3. The number of hydrogen-bond acceptors (Lipinski definition) is 4. The molecule has 33 heavy (non-hydrogen) atoms. The van der Waals surface area contributed by atoms with E-state index in [1.54, 1.807) is 30.3 Å². The van der Waals surface area contributed by atoms with Crippen molar-refractivity contribution in [3.63, 3.8) is 0 Å². The molecule has 2 amide bonds. The van der Waals surface area contributed by atoms with Gasteiger partial charge in [-0.2, -0.15) is 8.78 Å². The van der Waals surface area contributed by atoms with Gasteiger partial charge in [-0.1, -0.05) is 32.0 Å². The number of Topliss-reactive ketones (excluding diaryl/α,β-unsaturated/α-hetero) is 1. The standard InChI is InChI=1S/C20H17ClF4N2O4.C2H6/c21-7-12(8-26-19(29)11-4-2-1-3-5-11)20(30)27-9-13(28)10-31-18-16(24)14(22)6-15(23)17(18)25;1-2/h1-6,12H,7-10H2,(H,26,29)(H,27,30);1-2H3. The first-order valence-electron chi connectivity index (χ1n) is 9.89. The van der Waals surface area contributed by atoms with E-state index in [1.165, 1.54) is 0 Å². The number of halogens is 5. The highest BCUT2D eigenvalue weighted by Gasteiger charge is 2.22. The first-order chi connectivity index (χ1) is 15.7. The third kappa shape index (κ3) is 8.38. The first kappa shape index (κ1) is 27.9. The van der Waals surface area contributed by atoms with Crippen molar-refractivity contribution in [1.82, 2.24) is 10.6 Å². The summed E-state index contributed by atoms with van der Waals surface area (Å²) in [4.78, 5) is 35.9. The van der Waals surface area contributed by atoms with Crippen LogP contribution in [0.1, 0.15) is 24.2 Å². The third-order valence-electron chi connectivity index (χ3n) is 4.01. The molecule has 0 saturated carbocycles. The van der Waals surface area contributed by atoms with Gasteiger partial charge in [-0.3, -0.25) is 14.4 Å². The summed E-state index contributed by atoms with van der Waals surface area (Å²) in [5.74, 6) is -11.3. The Bertz CT molecular complexity index is 935. The number of amides is 2. The van der Waals surface area contributed by atoms with Crippen LogP contribution in [0.15, 0.2) is 36.4 Å². The maximum atomic E-state index is 13.5. The third-order valence-corrected chi connectivity index (χ3v) is 4.38. The van der Waals surface area contributed by atoms with Crippen LogP contribution in [0.2, 0.25) is 0 Å². The Kier molecular flexibility index (Phi) is 11.9. The fourth-order valence-corrected chi connectivity index (χ4v) is 2.59. The molecule has 6 nitrogen and oxygen atoms in total. The van der Waals surface area contributed by atoms with E-state index in [-0.39, 0.29) is 18.5 Å². The molecule has 0 aliphatic carbocycles. The Balaban J connectivity index is 0.00000265. The van der Waals surface area contributed by atoms with E-state index in [1.807, 2.05) is 13.8 Å². The average molecular weight is 491 g/mol. The number of hydrogen-bond donors (Lipinski definition) is 2. The van der Waals surface area contributed by atoms with Crippen molar-refractivity contribution in [3.05, 3.63) is 65.2 Å². The van der Waals surface area contributed by atoms with E-state index >= 15 is 0 Å². The number of carbonyl (C=O) groups is 3. The molecule has 0 aliphatic rings. The highest BCUT2D eigenvalue weighted by molar-refractivity contribution is 6.19. The van der Waals surface area contributed by atoms with Crippen LogP contribution in [0.5, 0.6) is 5.75 Å². The number of benzene rings is 2. The van der Waals surface area contributed by atoms with Gasteiger partial charge < -0.3 is 15.4 Å². The summed E-state index contributed by atoms with van der Waals surface area (Å²) >= 11 is 5.74. The molecule has 0 fully saturated rings. The lowest BCUT2D eigenvalue weighted by Gasteiger charge is -2.15. The molecule has 2 aromatic rings. The van der Waals surface area contributed by atoms with Crippen molar-refractivity contribution < 1.29 is 36.7 Å². The second kappa shape index (κ2) is 14.1. The van der Waals surface area contributed by atoms with E-state index in [0.717, 1.165) is 0 Å². The number of nitrogens with one attached hydrogen (secondary N) is 2. The molecule has 0 saturated heterocycles. The minimum absolute atomic E-state index is 0.00242. The zero-order valence-electron chi connectivity index (χ0n) is 17.9. The molecule has 1 atom stereocenters. The van der Waals surface area contributed by atoms with Crippen LogP contribution < -0.4 is 15.4 Å². The van der Waals surface area contributed by atoms with Crippen LogP contribution in [0.4, 0.5) is 17.6 Å². The Morgan fingerprint density at radius 3 is 2.09 bits per heavy atom. The smallest absolute Gasteiger partial charge is 0.251 e. The summed E-state index contributed by atoms with van der Waals surface area (Å²) in [6, 6.07) is 8.25. The molecule has 1 unspecified atom stereocenters. The lowest BCUT2D eigenvalue weighted by Crippen LogP contribution is -2.42. The van der Waals surface area contributed by atoms with Gasteiger partial charge in [-0.15, -0.1) is 11.6 Å². The van der Waals surface area contributed by atoms with Crippen molar-refractivity contribution in [2.24, 2.45) is 5.92 Å². The van der Waals surface area contributed by atoms with E-state index in [4.69, 9.17) is 11.6 Å². The number of ether oxygens (including phenoxy) is 1. The van der Waals surface area contributed by atoms with Gasteiger partial charge in [0.25, 0.3) is 5.91 Å². The normalized spacial score (nSPS) is 11.0. The number of alkyl halides is 1. The topological polar surface area (TPSA) is 84.5 Å². The number of ketones is 1. The molecule has 2 aromatic carbocycles. The molecular weight excluding hydrogens is 468 g/mol. The number of rotatable bonds is 10. The predicted molar refractivity (Wildman–Crippen MR) is 114 cm³/mol. The second-order valence-corrected chi connectivity index (χ2v) is 6.58. The van der Waals surface area contributed by atoms with Gasteiger partial charge in [0, 0.05) is 24.1 Å². The summed E-state index contributed by atoms with van der Waals surface area (Å²) in [7, 11) is 0. The molecule has 11 heteroatoms. The maximum Gasteiger partial charge on any atom is 0.251 e. The Morgan fingerprint density at radius 2 is 1.55 bits per heavy atom. The van der Waals surface area contributed by atoms with E-state index < -0.39 is 65.7 Å². The maximum absolute atomic E-state index is 13.5. The average Bonchev–Trinajstić information content (AvgIpc) is 2.83. The van der Waals surface area contributed by atoms with Crippen molar-refractivity contribution in [1.29, 1.82) is 0 Å². The van der Waals surface area contributed by atoms with Crippen molar-refractivity contribution in [3.8, 4) is 5.75 Å².